The van der Waals surface area contributed by atoms with Gasteiger partial charge in [0, 0.05) is 32.1 Å². The van der Waals surface area contributed by atoms with Crippen LogP contribution < -0.4 is 10.6 Å². The molecule has 0 bridgehead atoms. The van der Waals surface area contributed by atoms with Crippen LogP contribution in [-0.4, -0.2) is 49.2 Å². The highest BCUT2D eigenvalue weighted by Gasteiger charge is 2.15. The lowest BCUT2D eigenvalue weighted by Gasteiger charge is -2.30. The van der Waals surface area contributed by atoms with Gasteiger partial charge in [0.25, 0.3) is 0 Å². The minimum Gasteiger partial charge on any atom is -0.359 e. The fraction of sp³-hybridized carbons (Fsp3) is 0.789. The molecule has 0 atom stereocenters. The van der Waals surface area contributed by atoms with Crippen molar-refractivity contribution in [1.82, 2.24) is 20.7 Å². The van der Waals surface area contributed by atoms with E-state index in [1.807, 2.05) is 0 Å². The van der Waals surface area contributed by atoms with Gasteiger partial charge in [-0.1, -0.05) is 25.9 Å². The number of piperidine rings is 1. The first-order chi connectivity index (χ1) is 12.2. The Morgan fingerprint density at radius 2 is 2.00 bits per heavy atom. The Labute approximate surface area is 175 Å². The Morgan fingerprint density at radius 1 is 1.31 bits per heavy atom. The number of aromatic nitrogens is 1. The topological polar surface area (TPSA) is 65.7 Å². The van der Waals surface area contributed by atoms with Crippen LogP contribution in [0.25, 0.3) is 0 Å². The molecule has 0 saturated carbocycles. The predicted molar refractivity (Wildman–Crippen MR) is 118 cm³/mol. The highest BCUT2D eigenvalue weighted by molar-refractivity contribution is 14.0. The molecule has 0 aliphatic carbocycles. The molecule has 7 heteroatoms. The van der Waals surface area contributed by atoms with E-state index < -0.39 is 0 Å². The maximum absolute atomic E-state index is 5.45. The summed E-state index contributed by atoms with van der Waals surface area (Å²) in [5, 5.41) is 10.9. The molecular weight excluding hydrogens is 441 g/mol. The third kappa shape index (κ3) is 7.42. The van der Waals surface area contributed by atoms with Crippen LogP contribution in [0, 0.1) is 5.92 Å². The van der Waals surface area contributed by atoms with Crippen LogP contribution in [0.4, 0.5) is 0 Å². The molecule has 0 amide bonds. The Bertz CT molecular complexity index is 522. The molecule has 0 unspecified atom stereocenters. The van der Waals surface area contributed by atoms with Gasteiger partial charge < -0.3 is 20.1 Å². The standard InChI is InChI=1S/C19H35N5O.HI/c1-5-16(6-2)18-13-17(25-23-18)14-22-19(20-4)21-9-12-24-10-7-15(3)8-11-24;/h13,15-16H,5-12,14H2,1-4H3,(H2,20,21,22);1H. The fourth-order valence-corrected chi connectivity index (χ4v) is 3.32. The van der Waals surface area contributed by atoms with Crippen LogP contribution in [-0.2, 0) is 6.54 Å². The molecule has 0 radical (unpaired) electrons. The zero-order chi connectivity index (χ0) is 18.1. The SMILES string of the molecule is CCC(CC)c1cc(CNC(=NC)NCCN2CCC(C)CC2)on1.I. The van der Waals surface area contributed by atoms with Gasteiger partial charge in [-0.15, -0.1) is 24.0 Å². The van der Waals surface area contributed by atoms with Crippen molar-refractivity contribution >= 4 is 29.9 Å². The molecule has 1 fully saturated rings. The van der Waals surface area contributed by atoms with Gasteiger partial charge in [-0.3, -0.25) is 4.99 Å². The Morgan fingerprint density at radius 3 is 2.62 bits per heavy atom. The van der Waals surface area contributed by atoms with Crippen LogP contribution in [0.3, 0.4) is 0 Å². The zero-order valence-corrected chi connectivity index (χ0v) is 19.1. The number of halogens is 1. The lowest BCUT2D eigenvalue weighted by atomic mass is 9.99. The molecule has 0 spiro atoms. The van der Waals surface area contributed by atoms with E-state index in [-0.39, 0.29) is 24.0 Å². The second-order valence-electron chi connectivity index (χ2n) is 7.11. The van der Waals surface area contributed by atoms with Gasteiger partial charge in [0.2, 0.25) is 0 Å². The van der Waals surface area contributed by atoms with Crippen molar-refractivity contribution in [2.75, 3.05) is 33.2 Å². The number of guanidine groups is 1. The van der Waals surface area contributed by atoms with Crippen molar-refractivity contribution in [3.63, 3.8) is 0 Å². The van der Waals surface area contributed by atoms with Crippen molar-refractivity contribution in [1.29, 1.82) is 0 Å². The summed E-state index contributed by atoms with van der Waals surface area (Å²) in [5.74, 6) is 3.04. The number of nitrogens with zero attached hydrogens (tertiary/aromatic N) is 3. The number of likely N-dealkylation sites (tertiary alicyclic amines) is 1. The predicted octanol–water partition coefficient (Wildman–Crippen LogP) is 3.59. The molecule has 2 rings (SSSR count). The molecule has 0 aromatic carbocycles. The summed E-state index contributed by atoms with van der Waals surface area (Å²) in [5.41, 5.74) is 1.06. The summed E-state index contributed by atoms with van der Waals surface area (Å²) < 4.78 is 5.45. The molecule has 1 aliphatic rings. The molecule has 2 N–H and O–H groups in total. The van der Waals surface area contributed by atoms with E-state index in [1.54, 1.807) is 7.05 Å². The van der Waals surface area contributed by atoms with Gasteiger partial charge in [-0.25, -0.2) is 0 Å². The minimum absolute atomic E-state index is 0. The van der Waals surface area contributed by atoms with Gasteiger partial charge in [-0.05, 0) is 44.7 Å². The lowest BCUT2D eigenvalue weighted by Crippen LogP contribution is -2.43. The van der Waals surface area contributed by atoms with E-state index in [2.05, 4.69) is 52.5 Å². The van der Waals surface area contributed by atoms with Crippen LogP contribution in [0.5, 0.6) is 0 Å². The first-order valence-electron chi connectivity index (χ1n) is 9.78. The number of nitrogens with one attached hydrogen (secondary N) is 2. The maximum atomic E-state index is 5.45. The molecule has 2 heterocycles. The van der Waals surface area contributed by atoms with E-state index in [0.29, 0.717) is 12.5 Å². The maximum Gasteiger partial charge on any atom is 0.191 e. The van der Waals surface area contributed by atoms with Crippen molar-refractivity contribution < 1.29 is 4.52 Å². The van der Waals surface area contributed by atoms with E-state index in [4.69, 9.17) is 4.52 Å². The van der Waals surface area contributed by atoms with Crippen LogP contribution in [0.15, 0.2) is 15.6 Å². The monoisotopic (exact) mass is 477 g/mol. The molecule has 1 aliphatic heterocycles. The normalized spacial score (nSPS) is 16.6. The van der Waals surface area contributed by atoms with E-state index >= 15 is 0 Å². The van der Waals surface area contributed by atoms with Crippen LogP contribution >= 0.6 is 24.0 Å². The molecule has 150 valence electrons. The first kappa shape index (κ1) is 23.2. The molecule has 1 aromatic heterocycles. The summed E-state index contributed by atoms with van der Waals surface area (Å²) in [6.45, 7) is 11.7. The summed E-state index contributed by atoms with van der Waals surface area (Å²) in [6, 6.07) is 2.06. The molecule has 26 heavy (non-hydrogen) atoms. The Kier molecular flexibility index (Phi) is 11.2. The number of aliphatic imine (C=N–C) groups is 1. The fourth-order valence-electron chi connectivity index (χ4n) is 3.32. The largest absolute Gasteiger partial charge is 0.359 e. The first-order valence-corrected chi connectivity index (χ1v) is 9.78. The average molecular weight is 477 g/mol. The van der Waals surface area contributed by atoms with Crippen molar-refractivity contribution in [3.8, 4) is 0 Å². The summed E-state index contributed by atoms with van der Waals surface area (Å²) in [7, 11) is 1.80. The second kappa shape index (κ2) is 12.5. The Hall–Kier alpha value is -0.830. The van der Waals surface area contributed by atoms with Crippen molar-refractivity contribution in [3.05, 3.63) is 17.5 Å². The van der Waals surface area contributed by atoms with Crippen LogP contribution in [0.1, 0.15) is 63.8 Å². The Balaban J connectivity index is 0.00000338. The quantitative estimate of drug-likeness (QED) is 0.341. The molecule has 1 aromatic rings. The highest BCUT2D eigenvalue weighted by atomic mass is 127. The summed E-state index contributed by atoms with van der Waals surface area (Å²) >= 11 is 0. The van der Waals surface area contributed by atoms with E-state index in [1.165, 1.54) is 25.9 Å². The zero-order valence-electron chi connectivity index (χ0n) is 16.8. The van der Waals surface area contributed by atoms with Crippen molar-refractivity contribution in [2.24, 2.45) is 10.9 Å². The lowest BCUT2D eigenvalue weighted by molar-refractivity contribution is 0.195. The molecular formula is C19H36IN5O. The third-order valence-electron chi connectivity index (χ3n) is 5.23. The summed E-state index contributed by atoms with van der Waals surface area (Å²) in [6.07, 6.45) is 4.82. The van der Waals surface area contributed by atoms with Crippen LogP contribution in [0.2, 0.25) is 0 Å². The van der Waals surface area contributed by atoms with Gasteiger partial charge >= 0.3 is 0 Å². The minimum atomic E-state index is 0. The molecule has 6 nitrogen and oxygen atoms in total. The summed E-state index contributed by atoms with van der Waals surface area (Å²) in [4.78, 5) is 6.81. The number of rotatable bonds is 8. The highest BCUT2D eigenvalue weighted by Crippen LogP contribution is 2.22. The van der Waals surface area contributed by atoms with E-state index in [9.17, 15) is 0 Å². The van der Waals surface area contributed by atoms with Gasteiger partial charge in [-0.2, -0.15) is 0 Å². The van der Waals surface area contributed by atoms with Gasteiger partial charge in [0.1, 0.15) is 0 Å². The van der Waals surface area contributed by atoms with Gasteiger partial charge in [0.15, 0.2) is 11.7 Å². The average Bonchev–Trinajstić information content (AvgIpc) is 3.09. The smallest absolute Gasteiger partial charge is 0.191 e. The van der Waals surface area contributed by atoms with Crippen molar-refractivity contribution in [2.45, 2.75) is 58.9 Å². The number of hydrogen-bond donors (Lipinski definition) is 2. The third-order valence-corrected chi connectivity index (χ3v) is 5.23. The number of hydrogen-bond acceptors (Lipinski definition) is 4. The molecule has 1 saturated heterocycles. The van der Waals surface area contributed by atoms with E-state index in [0.717, 1.165) is 49.3 Å². The van der Waals surface area contributed by atoms with Gasteiger partial charge in [0.05, 0.1) is 12.2 Å². The second-order valence-corrected chi connectivity index (χ2v) is 7.11.